The van der Waals surface area contributed by atoms with Crippen LogP contribution >= 0.6 is 0 Å². The fourth-order valence-electron chi connectivity index (χ4n) is 2.09. The number of urea groups is 1. The number of nitro groups is 1. The molecule has 0 unspecified atom stereocenters. The van der Waals surface area contributed by atoms with Gasteiger partial charge in [0.25, 0.3) is 0 Å². The second kappa shape index (κ2) is 6.69. The van der Waals surface area contributed by atoms with E-state index in [2.05, 4.69) is 15.7 Å². The first-order valence-corrected chi connectivity index (χ1v) is 6.72. The molecule has 0 bridgehead atoms. The fraction of sp³-hybridized carbons (Fsp3) is 0.214. The van der Waals surface area contributed by atoms with Gasteiger partial charge in [0.2, 0.25) is 5.91 Å². The molecule has 9 nitrogen and oxygen atoms in total. The number of carbonyl (C=O) groups is 2. The van der Waals surface area contributed by atoms with Gasteiger partial charge in [0.05, 0.1) is 4.92 Å². The highest BCUT2D eigenvalue weighted by Crippen LogP contribution is 2.21. The lowest BCUT2D eigenvalue weighted by Crippen LogP contribution is -2.36. The van der Waals surface area contributed by atoms with Crippen LogP contribution < -0.4 is 10.6 Å². The van der Waals surface area contributed by atoms with Gasteiger partial charge >= 0.3 is 11.7 Å². The van der Waals surface area contributed by atoms with E-state index in [1.54, 1.807) is 30.3 Å². The van der Waals surface area contributed by atoms with Gasteiger partial charge in [0.15, 0.2) is 0 Å². The van der Waals surface area contributed by atoms with Crippen molar-refractivity contribution in [1.29, 1.82) is 0 Å². The molecule has 1 heterocycles. The van der Waals surface area contributed by atoms with Crippen molar-refractivity contribution in [2.45, 2.75) is 20.4 Å². The first kappa shape index (κ1) is 16.1. The maximum Gasteiger partial charge on any atom is 0.325 e. The van der Waals surface area contributed by atoms with E-state index in [4.69, 9.17) is 0 Å². The number of nitrogens with zero attached hydrogens (tertiary/aromatic N) is 3. The van der Waals surface area contributed by atoms with E-state index in [0.29, 0.717) is 5.69 Å². The Balaban J connectivity index is 1.99. The Kier molecular flexibility index (Phi) is 4.69. The monoisotopic (exact) mass is 317 g/mol. The predicted octanol–water partition coefficient (Wildman–Crippen LogP) is 1.76. The molecule has 2 aromatic rings. The van der Waals surface area contributed by atoms with Crippen LogP contribution in [0, 0.1) is 24.0 Å². The number of rotatable bonds is 4. The molecular formula is C14H15N5O4. The number of hydrogen-bond donors (Lipinski definition) is 2. The Hall–Kier alpha value is -3.23. The van der Waals surface area contributed by atoms with Crippen LogP contribution in [0.15, 0.2) is 30.3 Å². The van der Waals surface area contributed by atoms with Crippen LogP contribution in [0.3, 0.4) is 0 Å². The molecule has 0 radical (unpaired) electrons. The molecule has 0 aliphatic carbocycles. The zero-order valence-electron chi connectivity index (χ0n) is 12.6. The van der Waals surface area contributed by atoms with Crippen LogP contribution in [0.1, 0.15) is 11.4 Å². The van der Waals surface area contributed by atoms with Crippen LogP contribution in [0.25, 0.3) is 0 Å². The van der Waals surface area contributed by atoms with Crippen molar-refractivity contribution in [3.8, 4) is 0 Å². The highest BCUT2D eigenvalue weighted by atomic mass is 16.6. The summed E-state index contributed by atoms with van der Waals surface area (Å²) in [5, 5.41) is 19.5. The van der Waals surface area contributed by atoms with Crippen molar-refractivity contribution in [2.75, 3.05) is 5.32 Å². The predicted molar refractivity (Wildman–Crippen MR) is 82.0 cm³/mol. The Bertz CT molecular complexity index is 754. The first-order chi connectivity index (χ1) is 10.9. The van der Waals surface area contributed by atoms with Crippen LogP contribution in [-0.2, 0) is 11.3 Å². The number of imide groups is 1. The molecule has 0 spiro atoms. The van der Waals surface area contributed by atoms with Crippen molar-refractivity contribution in [2.24, 2.45) is 0 Å². The highest BCUT2D eigenvalue weighted by Gasteiger charge is 2.23. The molecule has 0 aliphatic rings. The largest absolute Gasteiger partial charge is 0.325 e. The van der Waals surface area contributed by atoms with Gasteiger partial charge in [-0.25, -0.2) is 4.79 Å². The molecule has 2 rings (SSSR count). The second-order valence-corrected chi connectivity index (χ2v) is 4.80. The Morgan fingerprint density at radius 2 is 1.91 bits per heavy atom. The van der Waals surface area contributed by atoms with E-state index in [-0.39, 0.29) is 23.6 Å². The average Bonchev–Trinajstić information content (AvgIpc) is 2.73. The third kappa shape index (κ3) is 3.90. The molecular weight excluding hydrogens is 302 g/mol. The van der Waals surface area contributed by atoms with Crippen LogP contribution in [0.2, 0.25) is 0 Å². The number of nitrogens with one attached hydrogen (secondary N) is 2. The molecule has 0 aliphatic heterocycles. The Morgan fingerprint density at radius 1 is 1.26 bits per heavy atom. The first-order valence-electron chi connectivity index (χ1n) is 6.72. The number of hydrogen-bond acceptors (Lipinski definition) is 5. The summed E-state index contributed by atoms with van der Waals surface area (Å²) in [5.41, 5.74) is 0.881. The molecule has 2 N–H and O–H groups in total. The van der Waals surface area contributed by atoms with E-state index in [1.165, 1.54) is 18.5 Å². The number of para-hydroxylation sites is 1. The zero-order chi connectivity index (χ0) is 17.0. The SMILES string of the molecule is Cc1nn(CC(=O)NC(=O)Nc2ccccc2)c(C)c1[N+](=O)[O-]. The normalized spacial score (nSPS) is 10.2. The highest BCUT2D eigenvalue weighted by molar-refractivity contribution is 6.01. The molecule has 120 valence electrons. The summed E-state index contributed by atoms with van der Waals surface area (Å²) in [4.78, 5) is 33.9. The van der Waals surface area contributed by atoms with Crippen molar-refractivity contribution in [1.82, 2.24) is 15.1 Å². The summed E-state index contributed by atoms with van der Waals surface area (Å²) in [6.07, 6.45) is 0. The maximum absolute atomic E-state index is 11.9. The van der Waals surface area contributed by atoms with Gasteiger partial charge in [0.1, 0.15) is 17.9 Å². The average molecular weight is 317 g/mol. The molecule has 1 aromatic heterocycles. The van der Waals surface area contributed by atoms with Crippen LogP contribution in [0.4, 0.5) is 16.2 Å². The Labute approximate surface area is 131 Å². The number of aromatic nitrogens is 2. The lowest BCUT2D eigenvalue weighted by molar-refractivity contribution is -0.386. The second-order valence-electron chi connectivity index (χ2n) is 4.80. The maximum atomic E-state index is 11.9. The fourth-order valence-corrected chi connectivity index (χ4v) is 2.09. The summed E-state index contributed by atoms with van der Waals surface area (Å²) < 4.78 is 1.19. The standard InChI is InChI=1S/C14H15N5O4/c1-9-13(19(22)23)10(2)18(17-9)8-12(20)16-14(21)15-11-6-4-3-5-7-11/h3-7H,8H2,1-2H3,(H2,15,16,20,21). The molecule has 0 saturated heterocycles. The Morgan fingerprint density at radius 3 is 2.48 bits per heavy atom. The van der Waals surface area contributed by atoms with Gasteiger partial charge in [-0.05, 0) is 26.0 Å². The summed E-state index contributed by atoms with van der Waals surface area (Å²) >= 11 is 0. The van der Waals surface area contributed by atoms with Crippen molar-refractivity contribution in [3.05, 3.63) is 51.8 Å². The van der Waals surface area contributed by atoms with E-state index in [1.807, 2.05) is 0 Å². The minimum Gasteiger partial charge on any atom is -0.308 e. The topological polar surface area (TPSA) is 119 Å². The molecule has 1 aromatic carbocycles. The lowest BCUT2D eigenvalue weighted by atomic mass is 10.3. The van der Waals surface area contributed by atoms with Gasteiger partial charge in [-0.2, -0.15) is 5.10 Å². The van der Waals surface area contributed by atoms with E-state index < -0.39 is 16.9 Å². The molecule has 9 heteroatoms. The van der Waals surface area contributed by atoms with Crippen LogP contribution in [0.5, 0.6) is 0 Å². The number of anilines is 1. The minimum absolute atomic E-state index is 0.133. The summed E-state index contributed by atoms with van der Waals surface area (Å²) in [7, 11) is 0. The van der Waals surface area contributed by atoms with Crippen molar-refractivity contribution < 1.29 is 14.5 Å². The summed E-state index contributed by atoms with van der Waals surface area (Å²) in [6, 6.07) is 7.95. The molecule has 0 atom stereocenters. The van der Waals surface area contributed by atoms with E-state index in [9.17, 15) is 19.7 Å². The number of aryl methyl sites for hydroxylation is 1. The van der Waals surface area contributed by atoms with E-state index >= 15 is 0 Å². The van der Waals surface area contributed by atoms with Gasteiger partial charge in [-0.1, -0.05) is 18.2 Å². The van der Waals surface area contributed by atoms with Crippen molar-refractivity contribution in [3.63, 3.8) is 0 Å². The summed E-state index contributed by atoms with van der Waals surface area (Å²) in [6.45, 7) is 2.69. The third-order valence-electron chi connectivity index (χ3n) is 3.10. The number of carbonyl (C=O) groups excluding carboxylic acids is 2. The number of amides is 3. The zero-order valence-corrected chi connectivity index (χ0v) is 12.6. The van der Waals surface area contributed by atoms with Gasteiger partial charge < -0.3 is 5.32 Å². The summed E-state index contributed by atoms with van der Waals surface area (Å²) in [5.74, 6) is -0.626. The molecule has 0 saturated carbocycles. The van der Waals surface area contributed by atoms with Crippen LogP contribution in [-0.4, -0.2) is 26.6 Å². The number of benzene rings is 1. The molecule has 23 heavy (non-hydrogen) atoms. The molecule has 3 amide bonds. The third-order valence-corrected chi connectivity index (χ3v) is 3.10. The van der Waals surface area contributed by atoms with Gasteiger partial charge in [-0.3, -0.25) is 24.9 Å². The minimum atomic E-state index is -0.683. The smallest absolute Gasteiger partial charge is 0.308 e. The quantitative estimate of drug-likeness (QED) is 0.657. The molecule has 0 fully saturated rings. The lowest BCUT2D eigenvalue weighted by Gasteiger charge is -2.07. The van der Waals surface area contributed by atoms with Gasteiger partial charge in [0, 0.05) is 5.69 Å². The van der Waals surface area contributed by atoms with Gasteiger partial charge in [-0.15, -0.1) is 0 Å². The van der Waals surface area contributed by atoms with E-state index in [0.717, 1.165) is 0 Å². The van der Waals surface area contributed by atoms with Crippen molar-refractivity contribution >= 4 is 23.3 Å².